The predicted octanol–water partition coefficient (Wildman–Crippen LogP) is 1.49. The zero-order chi connectivity index (χ0) is 11.4. The second-order valence-corrected chi connectivity index (χ2v) is 5.47. The van der Waals surface area contributed by atoms with E-state index in [-0.39, 0.29) is 0 Å². The number of nitrogens with zero attached hydrogens (tertiary/aromatic N) is 1. The van der Waals surface area contributed by atoms with E-state index in [9.17, 15) is 0 Å². The monoisotopic (exact) mass is 226 g/mol. The van der Waals surface area contributed by atoms with Crippen LogP contribution in [0.5, 0.6) is 0 Å². The summed E-state index contributed by atoms with van der Waals surface area (Å²) in [6.07, 6.45) is 5.41. The minimum atomic E-state index is 0.593. The Kier molecular flexibility index (Phi) is 4.62. The molecular formula is C13H26N2O. The number of rotatable bonds is 7. The van der Waals surface area contributed by atoms with Gasteiger partial charge in [0.05, 0.1) is 0 Å². The van der Waals surface area contributed by atoms with Crippen molar-refractivity contribution in [1.29, 1.82) is 0 Å². The maximum absolute atomic E-state index is 5.09. The lowest BCUT2D eigenvalue weighted by molar-refractivity contribution is 0.184. The smallest absolute Gasteiger partial charge is 0.0476 e. The third-order valence-corrected chi connectivity index (χ3v) is 3.89. The number of hydrogen-bond donors (Lipinski definition) is 1. The van der Waals surface area contributed by atoms with Crippen molar-refractivity contribution in [2.24, 2.45) is 5.92 Å². The minimum Gasteiger partial charge on any atom is -0.385 e. The first-order valence-corrected chi connectivity index (χ1v) is 6.76. The zero-order valence-corrected chi connectivity index (χ0v) is 10.7. The molecule has 1 saturated carbocycles. The summed E-state index contributed by atoms with van der Waals surface area (Å²) in [4.78, 5) is 2.69. The van der Waals surface area contributed by atoms with Gasteiger partial charge in [0.15, 0.2) is 0 Å². The molecule has 1 saturated heterocycles. The highest BCUT2D eigenvalue weighted by atomic mass is 16.5. The van der Waals surface area contributed by atoms with Crippen LogP contribution in [0.3, 0.4) is 0 Å². The van der Waals surface area contributed by atoms with Crippen molar-refractivity contribution in [3.63, 3.8) is 0 Å². The van der Waals surface area contributed by atoms with E-state index in [0.717, 1.165) is 25.0 Å². The van der Waals surface area contributed by atoms with Crippen LogP contribution >= 0.6 is 0 Å². The Labute approximate surface area is 99.5 Å². The third kappa shape index (κ3) is 3.72. The fourth-order valence-corrected chi connectivity index (χ4v) is 2.57. The largest absolute Gasteiger partial charge is 0.385 e. The quantitative estimate of drug-likeness (QED) is 0.712. The van der Waals surface area contributed by atoms with Crippen LogP contribution in [0.4, 0.5) is 0 Å². The number of ether oxygens (including phenoxy) is 1. The molecule has 0 aromatic rings. The summed E-state index contributed by atoms with van der Waals surface area (Å²) >= 11 is 0. The van der Waals surface area contributed by atoms with Gasteiger partial charge in [-0.05, 0) is 51.6 Å². The van der Waals surface area contributed by atoms with Gasteiger partial charge in [0.1, 0.15) is 0 Å². The Balaban J connectivity index is 1.56. The average Bonchev–Trinajstić information content (AvgIpc) is 3.03. The molecule has 1 N–H and O–H groups in total. The standard InChI is InChI=1S/C13H26N2O/c1-11(6-8-16-2)14-9-12-5-7-15(10-12)13-3-4-13/h11-14H,3-10H2,1-2H3. The van der Waals surface area contributed by atoms with E-state index in [1.54, 1.807) is 7.11 Å². The van der Waals surface area contributed by atoms with Gasteiger partial charge >= 0.3 is 0 Å². The molecule has 2 aliphatic rings. The molecule has 1 heterocycles. The van der Waals surface area contributed by atoms with Gasteiger partial charge in [0.25, 0.3) is 0 Å². The van der Waals surface area contributed by atoms with Gasteiger partial charge < -0.3 is 15.0 Å². The predicted molar refractivity (Wildman–Crippen MR) is 66.7 cm³/mol. The highest BCUT2D eigenvalue weighted by Crippen LogP contribution is 2.31. The summed E-state index contributed by atoms with van der Waals surface area (Å²) in [5, 5.41) is 3.63. The first-order chi connectivity index (χ1) is 7.79. The normalized spacial score (nSPS) is 28.5. The van der Waals surface area contributed by atoms with Crippen LogP contribution in [0.25, 0.3) is 0 Å². The van der Waals surface area contributed by atoms with Gasteiger partial charge in [-0.2, -0.15) is 0 Å². The van der Waals surface area contributed by atoms with Crippen LogP contribution in [-0.4, -0.2) is 50.3 Å². The first-order valence-electron chi connectivity index (χ1n) is 6.76. The molecule has 0 aromatic carbocycles. The highest BCUT2D eigenvalue weighted by molar-refractivity contribution is 4.90. The van der Waals surface area contributed by atoms with Gasteiger partial charge in [0, 0.05) is 32.3 Å². The Morgan fingerprint density at radius 2 is 2.19 bits per heavy atom. The van der Waals surface area contributed by atoms with Crippen molar-refractivity contribution in [2.75, 3.05) is 33.4 Å². The topological polar surface area (TPSA) is 24.5 Å². The van der Waals surface area contributed by atoms with Crippen molar-refractivity contribution in [3.05, 3.63) is 0 Å². The van der Waals surface area contributed by atoms with Gasteiger partial charge in [-0.15, -0.1) is 0 Å². The lowest BCUT2D eigenvalue weighted by atomic mass is 10.1. The third-order valence-electron chi connectivity index (χ3n) is 3.89. The van der Waals surface area contributed by atoms with Crippen molar-refractivity contribution in [3.8, 4) is 0 Å². The molecule has 0 radical (unpaired) electrons. The minimum absolute atomic E-state index is 0.593. The Morgan fingerprint density at radius 1 is 1.38 bits per heavy atom. The summed E-state index contributed by atoms with van der Waals surface area (Å²) in [6.45, 7) is 6.98. The highest BCUT2D eigenvalue weighted by Gasteiger charge is 2.34. The second kappa shape index (κ2) is 5.99. The van der Waals surface area contributed by atoms with Crippen LogP contribution in [0, 0.1) is 5.92 Å². The van der Waals surface area contributed by atoms with Crippen molar-refractivity contribution >= 4 is 0 Å². The summed E-state index contributed by atoms with van der Waals surface area (Å²) in [5.41, 5.74) is 0. The van der Waals surface area contributed by atoms with Crippen molar-refractivity contribution in [2.45, 2.75) is 44.7 Å². The van der Waals surface area contributed by atoms with Crippen LogP contribution < -0.4 is 5.32 Å². The molecule has 2 fully saturated rings. The maximum Gasteiger partial charge on any atom is 0.0476 e. The summed E-state index contributed by atoms with van der Waals surface area (Å²) in [6, 6.07) is 1.55. The fraction of sp³-hybridized carbons (Fsp3) is 1.00. The average molecular weight is 226 g/mol. The zero-order valence-electron chi connectivity index (χ0n) is 10.7. The fourth-order valence-electron chi connectivity index (χ4n) is 2.57. The Morgan fingerprint density at radius 3 is 2.88 bits per heavy atom. The number of hydrogen-bond acceptors (Lipinski definition) is 3. The van der Waals surface area contributed by atoms with Gasteiger partial charge in [-0.3, -0.25) is 0 Å². The number of nitrogens with one attached hydrogen (secondary N) is 1. The SMILES string of the molecule is COCCC(C)NCC1CCN(C2CC2)C1. The number of methoxy groups -OCH3 is 1. The van der Waals surface area contributed by atoms with Crippen molar-refractivity contribution in [1.82, 2.24) is 10.2 Å². The van der Waals surface area contributed by atoms with E-state index in [0.29, 0.717) is 6.04 Å². The van der Waals surface area contributed by atoms with Crippen LogP contribution in [-0.2, 0) is 4.74 Å². The molecule has 16 heavy (non-hydrogen) atoms. The summed E-state index contributed by atoms with van der Waals surface area (Å²) < 4.78 is 5.09. The molecule has 94 valence electrons. The Hall–Kier alpha value is -0.120. The van der Waals surface area contributed by atoms with Gasteiger partial charge in [-0.1, -0.05) is 0 Å². The van der Waals surface area contributed by atoms with E-state index < -0.39 is 0 Å². The molecule has 0 amide bonds. The van der Waals surface area contributed by atoms with Crippen molar-refractivity contribution < 1.29 is 4.74 Å². The molecule has 0 aromatic heterocycles. The molecule has 1 aliphatic heterocycles. The molecule has 0 bridgehead atoms. The lowest BCUT2D eigenvalue weighted by Gasteiger charge is -2.18. The van der Waals surface area contributed by atoms with Gasteiger partial charge in [-0.25, -0.2) is 0 Å². The van der Waals surface area contributed by atoms with E-state index in [1.165, 1.54) is 38.9 Å². The molecule has 0 spiro atoms. The Bertz CT molecular complexity index is 206. The van der Waals surface area contributed by atoms with E-state index in [1.807, 2.05) is 0 Å². The molecular weight excluding hydrogens is 200 g/mol. The van der Waals surface area contributed by atoms with Crippen LogP contribution in [0.15, 0.2) is 0 Å². The molecule has 2 unspecified atom stereocenters. The maximum atomic E-state index is 5.09. The second-order valence-electron chi connectivity index (χ2n) is 5.47. The van der Waals surface area contributed by atoms with Crippen LogP contribution in [0.2, 0.25) is 0 Å². The van der Waals surface area contributed by atoms with Gasteiger partial charge in [0.2, 0.25) is 0 Å². The van der Waals surface area contributed by atoms with E-state index in [2.05, 4.69) is 17.1 Å². The summed E-state index contributed by atoms with van der Waals surface area (Å²) in [5.74, 6) is 0.880. The number of likely N-dealkylation sites (tertiary alicyclic amines) is 1. The lowest BCUT2D eigenvalue weighted by Crippen LogP contribution is -2.33. The van der Waals surface area contributed by atoms with E-state index >= 15 is 0 Å². The molecule has 2 atom stereocenters. The molecule has 3 heteroatoms. The summed E-state index contributed by atoms with van der Waals surface area (Å²) in [7, 11) is 1.78. The first kappa shape index (κ1) is 12.3. The molecule has 3 nitrogen and oxygen atoms in total. The molecule has 2 rings (SSSR count). The van der Waals surface area contributed by atoms with E-state index in [4.69, 9.17) is 4.74 Å². The molecule has 1 aliphatic carbocycles. The van der Waals surface area contributed by atoms with Crippen LogP contribution in [0.1, 0.15) is 32.6 Å².